The van der Waals surface area contributed by atoms with Crippen LogP contribution in [0.3, 0.4) is 0 Å². The number of benzene rings is 1. The van der Waals surface area contributed by atoms with Crippen LogP contribution in [0.4, 0.5) is 0 Å². The zero-order chi connectivity index (χ0) is 15.4. The Morgan fingerprint density at radius 1 is 1.23 bits per heavy atom. The average Bonchev–Trinajstić information content (AvgIpc) is 3.14. The molecule has 0 amide bonds. The normalized spacial score (nSPS) is 26.3. The van der Waals surface area contributed by atoms with Crippen molar-refractivity contribution in [1.82, 2.24) is 0 Å². The Kier molecular flexibility index (Phi) is 5.04. The molecule has 0 radical (unpaired) electrons. The molecule has 120 valence electrons. The molecular weight excluding hydrogens is 276 g/mol. The second-order valence-corrected chi connectivity index (χ2v) is 6.33. The van der Waals surface area contributed by atoms with E-state index in [4.69, 9.17) is 14.2 Å². The van der Waals surface area contributed by atoms with E-state index < -0.39 is 0 Å². The Hall–Kier alpha value is -1.48. The van der Waals surface area contributed by atoms with Crippen molar-refractivity contribution in [1.29, 1.82) is 0 Å². The lowest BCUT2D eigenvalue weighted by Crippen LogP contribution is -2.19. The van der Waals surface area contributed by atoms with Crippen molar-refractivity contribution in [2.75, 3.05) is 13.4 Å². The lowest BCUT2D eigenvalue weighted by molar-refractivity contribution is 0.0883. The first-order chi connectivity index (χ1) is 10.8. The Morgan fingerprint density at radius 3 is 2.91 bits per heavy atom. The van der Waals surface area contributed by atoms with Crippen molar-refractivity contribution in [3.05, 3.63) is 36.4 Å². The second kappa shape index (κ2) is 7.19. The van der Waals surface area contributed by atoms with E-state index in [9.17, 15) is 0 Å². The van der Waals surface area contributed by atoms with Crippen LogP contribution in [0, 0.1) is 11.8 Å². The molecule has 3 rings (SSSR count). The van der Waals surface area contributed by atoms with Crippen LogP contribution in [0.15, 0.2) is 30.9 Å². The summed E-state index contributed by atoms with van der Waals surface area (Å²) in [6.07, 6.45) is 8.41. The third kappa shape index (κ3) is 3.30. The molecule has 22 heavy (non-hydrogen) atoms. The summed E-state index contributed by atoms with van der Waals surface area (Å²) in [6.45, 7) is 7.45. The van der Waals surface area contributed by atoms with Crippen molar-refractivity contribution >= 4 is 0 Å². The molecule has 3 atom stereocenters. The molecular formula is C19H26O3. The van der Waals surface area contributed by atoms with Crippen molar-refractivity contribution < 1.29 is 14.2 Å². The summed E-state index contributed by atoms with van der Waals surface area (Å²) < 4.78 is 16.9. The van der Waals surface area contributed by atoms with Crippen LogP contribution < -0.4 is 9.47 Å². The number of ether oxygens (including phenoxy) is 3. The SMILES string of the molecule is C=C[C@@H]1[C@@H](Cc2ccc3c(c2)OCO3)CO[C@@H]1CCCCC. The van der Waals surface area contributed by atoms with Crippen LogP contribution >= 0.6 is 0 Å². The fraction of sp³-hybridized carbons (Fsp3) is 0.579. The summed E-state index contributed by atoms with van der Waals surface area (Å²) in [7, 11) is 0. The second-order valence-electron chi connectivity index (χ2n) is 6.33. The number of hydrogen-bond donors (Lipinski definition) is 0. The highest BCUT2D eigenvalue weighted by atomic mass is 16.7. The van der Waals surface area contributed by atoms with E-state index in [1.807, 2.05) is 6.07 Å². The van der Waals surface area contributed by atoms with Gasteiger partial charge in [-0.15, -0.1) is 6.58 Å². The molecule has 2 aliphatic heterocycles. The molecule has 1 aromatic rings. The maximum atomic E-state index is 6.05. The minimum Gasteiger partial charge on any atom is -0.454 e. The van der Waals surface area contributed by atoms with Gasteiger partial charge in [0.15, 0.2) is 11.5 Å². The van der Waals surface area contributed by atoms with Gasteiger partial charge < -0.3 is 14.2 Å². The highest BCUT2D eigenvalue weighted by Gasteiger charge is 2.34. The number of rotatable bonds is 7. The van der Waals surface area contributed by atoms with Gasteiger partial charge in [0.05, 0.1) is 12.7 Å². The van der Waals surface area contributed by atoms with Gasteiger partial charge in [0.2, 0.25) is 6.79 Å². The maximum absolute atomic E-state index is 6.05. The lowest BCUT2D eigenvalue weighted by Gasteiger charge is -2.19. The van der Waals surface area contributed by atoms with Crippen LogP contribution in [0.2, 0.25) is 0 Å². The molecule has 3 nitrogen and oxygen atoms in total. The Bertz CT molecular complexity index is 511. The van der Waals surface area contributed by atoms with E-state index in [0.717, 1.165) is 30.9 Å². The van der Waals surface area contributed by atoms with Gasteiger partial charge in [-0.3, -0.25) is 0 Å². The van der Waals surface area contributed by atoms with E-state index in [-0.39, 0.29) is 0 Å². The van der Waals surface area contributed by atoms with Crippen LogP contribution in [0.1, 0.15) is 38.2 Å². The van der Waals surface area contributed by atoms with Crippen LogP contribution in [-0.2, 0) is 11.2 Å². The number of unbranched alkanes of at least 4 members (excludes halogenated alkanes) is 2. The van der Waals surface area contributed by atoms with Crippen LogP contribution in [0.25, 0.3) is 0 Å². The summed E-state index contributed by atoms with van der Waals surface area (Å²) in [5.41, 5.74) is 1.29. The monoisotopic (exact) mass is 302 g/mol. The molecule has 0 saturated carbocycles. The van der Waals surface area contributed by atoms with Crippen molar-refractivity contribution in [3.63, 3.8) is 0 Å². The molecule has 0 spiro atoms. The molecule has 0 unspecified atom stereocenters. The van der Waals surface area contributed by atoms with Crippen molar-refractivity contribution in [2.45, 2.75) is 45.1 Å². The highest BCUT2D eigenvalue weighted by Crippen LogP contribution is 2.37. The molecule has 1 fully saturated rings. The number of fused-ring (bicyclic) bond motifs is 1. The lowest BCUT2D eigenvalue weighted by atomic mass is 9.84. The molecule has 0 aliphatic carbocycles. The first-order valence-corrected chi connectivity index (χ1v) is 8.44. The molecule has 1 saturated heterocycles. The van der Waals surface area contributed by atoms with Gasteiger partial charge in [-0.1, -0.05) is 38.3 Å². The summed E-state index contributed by atoms with van der Waals surface area (Å²) in [6, 6.07) is 6.25. The average molecular weight is 302 g/mol. The minimum absolute atomic E-state index is 0.333. The van der Waals surface area contributed by atoms with Crippen molar-refractivity contribution in [2.24, 2.45) is 11.8 Å². The standard InChI is InChI=1S/C19H26O3/c1-3-5-6-7-17-16(4-2)15(12-20-17)10-14-8-9-18-19(11-14)22-13-21-18/h4,8-9,11,15-17H,2-3,5-7,10,12-13H2,1H3/t15-,16+,17+/m0/s1. The van der Waals surface area contributed by atoms with E-state index in [0.29, 0.717) is 24.7 Å². The minimum atomic E-state index is 0.333. The first-order valence-electron chi connectivity index (χ1n) is 8.44. The quantitative estimate of drug-likeness (QED) is 0.553. The predicted octanol–water partition coefficient (Wildman–Crippen LogP) is 4.36. The van der Waals surface area contributed by atoms with Gasteiger partial charge >= 0.3 is 0 Å². The topological polar surface area (TPSA) is 27.7 Å². The first kappa shape index (κ1) is 15.4. The highest BCUT2D eigenvalue weighted by molar-refractivity contribution is 5.44. The van der Waals surface area contributed by atoms with Gasteiger partial charge in [0.1, 0.15) is 0 Å². The zero-order valence-corrected chi connectivity index (χ0v) is 13.4. The fourth-order valence-electron chi connectivity index (χ4n) is 3.55. The van der Waals surface area contributed by atoms with Gasteiger partial charge in [0, 0.05) is 5.92 Å². The molecule has 2 aliphatic rings. The van der Waals surface area contributed by atoms with Crippen LogP contribution in [0.5, 0.6) is 11.5 Å². The fourth-order valence-corrected chi connectivity index (χ4v) is 3.55. The summed E-state index contributed by atoms with van der Waals surface area (Å²) >= 11 is 0. The maximum Gasteiger partial charge on any atom is 0.231 e. The third-order valence-electron chi connectivity index (χ3n) is 4.80. The predicted molar refractivity (Wildman–Crippen MR) is 87.3 cm³/mol. The van der Waals surface area contributed by atoms with E-state index in [2.05, 4.69) is 31.7 Å². The molecule has 1 aromatic carbocycles. The summed E-state index contributed by atoms with van der Waals surface area (Å²) in [4.78, 5) is 0. The van der Waals surface area contributed by atoms with Gasteiger partial charge in [0.25, 0.3) is 0 Å². The Labute approximate surface area is 133 Å². The molecule has 3 heteroatoms. The van der Waals surface area contributed by atoms with Crippen LogP contribution in [-0.4, -0.2) is 19.5 Å². The van der Waals surface area contributed by atoms with Gasteiger partial charge in [-0.05, 0) is 36.5 Å². The van der Waals surface area contributed by atoms with E-state index in [1.54, 1.807) is 0 Å². The smallest absolute Gasteiger partial charge is 0.231 e. The Morgan fingerprint density at radius 2 is 2.09 bits per heavy atom. The van der Waals surface area contributed by atoms with Crippen molar-refractivity contribution in [3.8, 4) is 11.5 Å². The molecule has 0 N–H and O–H groups in total. The number of hydrogen-bond acceptors (Lipinski definition) is 3. The van der Waals surface area contributed by atoms with Gasteiger partial charge in [-0.25, -0.2) is 0 Å². The van der Waals surface area contributed by atoms with Gasteiger partial charge in [-0.2, -0.15) is 0 Å². The van der Waals surface area contributed by atoms with E-state index in [1.165, 1.54) is 24.8 Å². The molecule has 2 heterocycles. The molecule has 0 aromatic heterocycles. The summed E-state index contributed by atoms with van der Waals surface area (Å²) in [5.74, 6) is 2.70. The Balaban J connectivity index is 1.61. The summed E-state index contributed by atoms with van der Waals surface area (Å²) in [5, 5.41) is 0. The third-order valence-corrected chi connectivity index (χ3v) is 4.80. The van der Waals surface area contributed by atoms with E-state index >= 15 is 0 Å². The molecule has 0 bridgehead atoms. The largest absolute Gasteiger partial charge is 0.454 e. The zero-order valence-electron chi connectivity index (χ0n) is 13.4.